The minimum atomic E-state index is -4.14. The van der Waals surface area contributed by atoms with E-state index in [4.69, 9.17) is 8.92 Å². The van der Waals surface area contributed by atoms with Crippen LogP contribution in [-0.4, -0.2) is 38.5 Å². The second-order valence-electron chi connectivity index (χ2n) is 13.6. The largest absolute Gasteiger partial charge is 0.493 e. The van der Waals surface area contributed by atoms with E-state index in [1.165, 1.54) is 19.2 Å². The average molecular weight is 718 g/mol. The lowest BCUT2D eigenvalue weighted by Crippen LogP contribution is -2.44. The quantitative estimate of drug-likeness (QED) is 0.217. The standard InChI is InChI=1S/C34H40INO6S/c1-8-13-36-24-16-33(3,4)18-26(37)30(24)29(31-25(36)17-34(5,6)19-27(31)38)21-14-23(35)32(28(15-21)41-7)42-43(39,40)22-11-9-20(2)10-12-22/h9-12,14-15,29H,8,13,16-19H2,1-7H3. The van der Waals surface area contributed by atoms with Gasteiger partial charge in [0.1, 0.15) is 4.90 Å². The number of carbonyl (C=O) groups excluding carboxylic acids is 2. The Morgan fingerprint density at radius 3 is 1.93 bits per heavy atom. The molecule has 0 radical (unpaired) electrons. The van der Waals surface area contributed by atoms with Crippen molar-refractivity contribution in [1.82, 2.24) is 4.90 Å². The molecule has 2 aromatic carbocycles. The van der Waals surface area contributed by atoms with Crippen LogP contribution in [0.15, 0.2) is 63.8 Å². The molecule has 0 bridgehead atoms. The maximum absolute atomic E-state index is 14.0. The third-order valence-electron chi connectivity index (χ3n) is 8.56. The number of rotatable bonds is 7. The monoisotopic (exact) mass is 717 g/mol. The Bertz CT molecular complexity index is 1610. The minimum absolute atomic E-state index is 0.0405. The van der Waals surface area contributed by atoms with Gasteiger partial charge in [0.05, 0.1) is 10.7 Å². The fourth-order valence-electron chi connectivity index (χ4n) is 6.72. The Morgan fingerprint density at radius 1 is 0.907 bits per heavy atom. The zero-order valence-electron chi connectivity index (χ0n) is 26.0. The topological polar surface area (TPSA) is 90.0 Å². The zero-order chi connectivity index (χ0) is 31.5. The molecule has 0 fully saturated rings. The summed E-state index contributed by atoms with van der Waals surface area (Å²) >= 11 is 2.05. The zero-order valence-corrected chi connectivity index (χ0v) is 28.9. The van der Waals surface area contributed by atoms with Gasteiger partial charge in [0.25, 0.3) is 0 Å². The van der Waals surface area contributed by atoms with Crippen LogP contribution in [0.5, 0.6) is 11.5 Å². The normalized spacial score (nSPS) is 20.2. The number of aryl methyl sites for hydroxylation is 1. The average Bonchev–Trinajstić information content (AvgIpc) is 2.89. The van der Waals surface area contributed by atoms with Gasteiger partial charge in [0.2, 0.25) is 0 Å². The second kappa shape index (κ2) is 11.4. The number of hydrogen-bond donors (Lipinski definition) is 0. The first-order valence-corrected chi connectivity index (χ1v) is 17.2. The van der Waals surface area contributed by atoms with Crippen LogP contribution in [0.1, 0.15) is 83.8 Å². The molecule has 1 aliphatic heterocycles. The third kappa shape index (κ3) is 6.03. The van der Waals surface area contributed by atoms with Gasteiger partial charge in [-0.3, -0.25) is 9.59 Å². The fraction of sp³-hybridized carbons (Fsp3) is 0.471. The molecule has 1 heterocycles. The molecule has 2 aromatic rings. The first-order valence-electron chi connectivity index (χ1n) is 14.8. The second-order valence-corrected chi connectivity index (χ2v) is 16.3. The number of allylic oxidation sites excluding steroid dienone is 4. The van der Waals surface area contributed by atoms with E-state index in [2.05, 4.69) is 39.5 Å². The highest BCUT2D eigenvalue weighted by molar-refractivity contribution is 14.1. The summed E-state index contributed by atoms with van der Waals surface area (Å²) in [6, 6.07) is 10.0. The lowest BCUT2D eigenvalue weighted by molar-refractivity contribution is -0.119. The number of ether oxygens (including phenoxy) is 1. The first kappa shape index (κ1) is 31.8. The van der Waals surface area contributed by atoms with E-state index < -0.39 is 16.0 Å². The van der Waals surface area contributed by atoms with Gasteiger partial charge in [0, 0.05) is 47.8 Å². The van der Waals surface area contributed by atoms with Crippen molar-refractivity contribution in [2.24, 2.45) is 10.8 Å². The number of nitrogens with zero attached hydrogens (tertiary/aromatic N) is 1. The van der Waals surface area contributed by atoms with Crippen LogP contribution in [0, 0.1) is 21.3 Å². The summed E-state index contributed by atoms with van der Waals surface area (Å²) in [5.74, 6) is -0.150. The number of ketones is 2. The van der Waals surface area contributed by atoms with Crippen LogP contribution in [-0.2, 0) is 19.7 Å². The van der Waals surface area contributed by atoms with Gasteiger partial charge in [-0.2, -0.15) is 8.42 Å². The van der Waals surface area contributed by atoms with Gasteiger partial charge in [-0.15, -0.1) is 0 Å². The van der Waals surface area contributed by atoms with Crippen LogP contribution in [0.3, 0.4) is 0 Å². The van der Waals surface area contributed by atoms with E-state index in [9.17, 15) is 18.0 Å². The Morgan fingerprint density at radius 2 is 1.44 bits per heavy atom. The van der Waals surface area contributed by atoms with Crippen molar-refractivity contribution in [3.63, 3.8) is 0 Å². The van der Waals surface area contributed by atoms with Crippen molar-refractivity contribution in [3.8, 4) is 11.5 Å². The molecular weight excluding hydrogens is 677 g/mol. The number of halogens is 1. The van der Waals surface area contributed by atoms with Crippen LogP contribution in [0.25, 0.3) is 0 Å². The molecule has 5 rings (SSSR count). The molecule has 230 valence electrons. The van der Waals surface area contributed by atoms with Crippen molar-refractivity contribution >= 4 is 44.3 Å². The van der Waals surface area contributed by atoms with E-state index in [0.717, 1.165) is 48.3 Å². The van der Waals surface area contributed by atoms with E-state index in [1.807, 2.05) is 35.6 Å². The van der Waals surface area contributed by atoms with E-state index in [0.29, 0.717) is 27.6 Å². The maximum atomic E-state index is 14.0. The summed E-state index contributed by atoms with van der Waals surface area (Å²) in [4.78, 5) is 30.3. The third-order valence-corrected chi connectivity index (χ3v) is 10.6. The Balaban J connectivity index is 1.69. The summed E-state index contributed by atoms with van der Waals surface area (Å²) in [6.45, 7) is 13.2. The number of hydrogen-bond acceptors (Lipinski definition) is 7. The lowest BCUT2D eigenvalue weighted by atomic mass is 9.63. The highest BCUT2D eigenvalue weighted by Crippen LogP contribution is 2.55. The van der Waals surface area contributed by atoms with Gasteiger partial charge >= 0.3 is 10.1 Å². The summed E-state index contributed by atoms with van der Waals surface area (Å²) in [5.41, 5.74) is 4.63. The van der Waals surface area contributed by atoms with E-state index >= 15 is 0 Å². The number of methoxy groups -OCH3 is 1. The molecule has 3 aliphatic rings. The SMILES string of the molecule is CCCN1C2=C(C(=O)CC(C)(C)C2)C(c2cc(I)c(OS(=O)(=O)c3ccc(C)cc3)c(OC)c2)C2=C1CC(C)(C)CC2=O. The summed E-state index contributed by atoms with van der Waals surface area (Å²) in [5, 5.41) is 0. The molecule has 0 spiro atoms. The highest BCUT2D eigenvalue weighted by Gasteiger charge is 2.49. The highest BCUT2D eigenvalue weighted by atomic mass is 127. The number of carbonyl (C=O) groups is 2. The van der Waals surface area contributed by atoms with Gasteiger partial charge < -0.3 is 13.8 Å². The van der Waals surface area contributed by atoms with Gasteiger partial charge in [-0.1, -0.05) is 52.3 Å². The van der Waals surface area contributed by atoms with Gasteiger partial charge in [-0.25, -0.2) is 0 Å². The maximum Gasteiger partial charge on any atom is 0.339 e. The number of benzene rings is 2. The Labute approximate surface area is 269 Å². The van der Waals surface area contributed by atoms with Gasteiger partial charge in [-0.05, 0) is 89.4 Å². The van der Waals surface area contributed by atoms with Crippen LogP contribution < -0.4 is 8.92 Å². The Hall–Kier alpha value is -2.66. The molecule has 0 unspecified atom stereocenters. The molecule has 0 aromatic heterocycles. The molecule has 0 saturated heterocycles. The Kier molecular flexibility index (Phi) is 8.39. The molecule has 9 heteroatoms. The van der Waals surface area contributed by atoms with Crippen LogP contribution in [0.2, 0.25) is 0 Å². The molecule has 43 heavy (non-hydrogen) atoms. The predicted octanol–water partition coefficient (Wildman–Crippen LogP) is 7.47. The van der Waals surface area contributed by atoms with Crippen LogP contribution >= 0.6 is 22.6 Å². The van der Waals surface area contributed by atoms with Crippen molar-refractivity contribution in [3.05, 3.63) is 73.6 Å². The summed E-state index contributed by atoms with van der Waals surface area (Å²) in [6.07, 6.45) is 3.15. The van der Waals surface area contributed by atoms with Crippen molar-refractivity contribution in [1.29, 1.82) is 0 Å². The fourth-order valence-corrected chi connectivity index (χ4v) is 8.57. The molecule has 0 N–H and O–H groups in total. The van der Waals surface area contributed by atoms with E-state index in [1.54, 1.807) is 18.2 Å². The summed E-state index contributed by atoms with van der Waals surface area (Å²) < 4.78 is 38.3. The minimum Gasteiger partial charge on any atom is -0.493 e. The summed E-state index contributed by atoms with van der Waals surface area (Å²) in [7, 11) is -2.68. The smallest absolute Gasteiger partial charge is 0.339 e. The molecule has 0 amide bonds. The molecule has 0 saturated carbocycles. The molecular formula is C34H40INO6S. The molecule has 2 aliphatic carbocycles. The molecule has 0 atom stereocenters. The molecule has 7 nitrogen and oxygen atoms in total. The van der Waals surface area contributed by atoms with Crippen molar-refractivity contribution in [2.75, 3.05) is 13.7 Å². The lowest BCUT2D eigenvalue weighted by Gasteiger charge is -2.49. The van der Waals surface area contributed by atoms with Crippen molar-refractivity contribution in [2.45, 2.75) is 84.5 Å². The number of Topliss-reactive ketones (excluding diaryl/α,β-unsaturated/α-hetero) is 2. The van der Waals surface area contributed by atoms with Gasteiger partial charge in [0.15, 0.2) is 23.1 Å². The van der Waals surface area contributed by atoms with E-state index in [-0.39, 0.29) is 38.8 Å². The predicted molar refractivity (Wildman–Crippen MR) is 175 cm³/mol. The van der Waals surface area contributed by atoms with Crippen molar-refractivity contribution < 1.29 is 26.9 Å². The first-order chi connectivity index (χ1) is 20.1. The van der Waals surface area contributed by atoms with Crippen LogP contribution in [0.4, 0.5) is 0 Å².